The fourth-order valence-electron chi connectivity index (χ4n) is 2.90. The van der Waals surface area contributed by atoms with Gasteiger partial charge in [-0.1, -0.05) is 61.0 Å². The van der Waals surface area contributed by atoms with Crippen LogP contribution < -0.4 is 0 Å². The first-order valence-electron chi connectivity index (χ1n) is 8.32. The summed E-state index contributed by atoms with van der Waals surface area (Å²) in [7, 11) is 0. The first-order valence-corrected chi connectivity index (χ1v) is 8.32. The van der Waals surface area contributed by atoms with Crippen molar-refractivity contribution in [3.8, 4) is 22.4 Å². The van der Waals surface area contributed by atoms with E-state index in [0.29, 0.717) is 6.04 Å². The Morgan fingerprint density at radius 1 is 0.913 bits per heavy atom. The summed E-state index contributed by atoms with van der Waals surface area (Å²) in [5.74, 6) is 0. The molecule has 3 aromatic rings. The van der Waals surface area contributed by atoms with Crippen molar-refractivity contribution in [1.82, 2.24) is 9.78 Å². The molecule has 0 spiro atoms. The molecule has 1 aromatic heterocycles. The minimum Gasteiger partial charge on any atom is -0.262 e. The minimum absolute atomic E-state index is 0.412. The second kappa shape index (κ2) is 6.41. The molecule has 0 amide bonds. The van der Waals surface area contributed by atoms with Crippen molar-refractivity contribution in [3.63, 3.8) is 0 Å². The molecule has 1 atom stereocenters. The van der Waals surface area contributed by atoms with Crippen LogP contribution in [0.15, 0.2) is 54.6 Å². The average molecular weight is 304 g/mol. The van der Waals surface area contributed by atoms with Crippen molar-refractivity contribution in [2.45, 2.75) is 40.2 Å². The number of nitrogens with zero attached hydrogens (tertiary/aromatic N) is 2. The highest BCUT2D eigenvalue weighted by molar-refractivity contribution is 5.69. The van der Waals surface area contributed by atoms with Crippen molar-refractivity contribution in [1.29, 1.82) is 0 Å². The van der Waals surface area contributed by atoms with E-state index in [1.807, 2.05) is 0 Å². The maximum Gasteiger partial charge on any atom is 0.0688 e. The van der Waals surface area contributed by atoms with Crippen LogP contribution in [0.25, 0.3) is 22.4 Å². The molecule has 2 nitrogen and oxygen atoms in total. The summed E-state index contributed by atoms with van der Waals surface area (Å²) >= 11 is 0. The summed E-state index contributed by atoms with van der Waals surface area (Å²) in [4.78, 5) is 0. The van der Waals surface area contributed by atoms with Crippen molar-refractivity contribution < 1.29 is 0 Å². The summed E-state index contributed by atoms with van der Waals surface area (Å²) in [6.07, 6.45) is 1.08. The van der Waals surface area contributed by atoms with Crippen LogP contribution in [-0.4, -0.2) is 9.78 Å². The van der Waals surface area contributed by atoms with Gasteiger partial charge in [0.1, 0.15) is 0 Å². The molecule has 0 aliphatic heterocycles. The van der Waals surface area contributed by atoms with Crippen LogP contribution in [-0.2, 0) is 0 Å². The van der Waals surface area contributed by atoms with Gasteiger partial charge in [-0.3, -0.25) is 4.68 Å². The van der Waals surface area contributed by atoms with Gasteiger partial charge in [0.25, 0.3) is 0 Å². The molecule has 3 rings (SSSR count). The zero-order chi connectivity index (χ0) is 16.4. The summed E-state index contributed by atoms with van der Waals surface area (Å²) in [5.41, 5.74) is 7.31. The van der Waals surface area contributed by atoms with E-state index in [0.717, 1.165) is 12.1 Å². The van der Waals surface area contributed by atoms with Gasteiger partial charge in [0.15, 0.2) is 0 Å². The van der Waals surface area contributed by atoms with Gasteiger partial charge in [0, 0.05) is 6.04 Å². The SMILES string of the molecule is CCC(C)n1nc(C)cc1-c1ccc(-c2cccc(C)c2)cc1. The third-order valence-electron chi connectivity index (χ3n) is 4.40. The van der Waals surface area contributed by atoms with Gasteiger partial charge < -0.3 is 0 Å². The van der Waals surface area contributed by atoms with Gasteiger partial charge in [-0.2, -0.15) is 5.10 Å². The molecule has 2 aromatic carbocycles. The van der Waals surface area contributed by atoms with Gasteiger partial charge in [-0.15, -0.1) is 0 Å². The fraction of sp³-hybridized carbons (Fsp3) is 0.286. The van der Waals surface area contributed by atoms with Gasteiger partial charge in [-0.25, -0.2) is 0 Å². The fourth-order valence-corrected chi connectivity index (χ4v) is 2.90. The molecule has 0 aliphatic carbocycles. The minimum atomic E-state index is 0.412. The lowest BCUT2D eigenvalue weighted by Gasteiger charge is -2.14. The van der Waals surface area contributed by atoms with Crippen LogP contribution >= 0.6 is 0 Å². The molecule has 0 radical (unpaired) electrons. The number of hydrogen-bond acceptors (Lipinski definition) is 1. The largest absolute Gasteiger partial charge is 0.262 e. The molecule has 2 heteroatoms. The maximum atomic E-state index is 4.67. The normalized spacial score (nSPS) is 12.3. The highest BCUT2D eigenvalue weighted by Gasteiger charge is 2.12. The quantitative estimate of drug-likeness (QED) is 0.595. The summed E-state index contributed by atoms with van der Waals surface area (Å²) in [6, 6.07) is 20.0. The van der Waals surface area contributed by atoms with Crippen LogP contribution in [0.5, 0.6) is 0 Å². The lowest BCUT2D eigenvalue weighted by molar-refractivity contribution is 0.480. The summed E-state index contributed by atoms with van der Waals surface area (Å²) < 4.78 is 2.15. The van der Waals surface area contributed by atoms with E-state index in [2.05, 4.69) is 92.1 Å². The Morgan fingerprint density at radius 3 is 2.26 bits per heavy atom. The Labute approximate surface area is 138 Å². The first-order chi connectivity index (χ1) is 11.1. The zero-order valence-electron chi connectivity index (χ0n) is 14.4. The van der Waals surface area contributed by atoms with Crippen molar-refractivity contribution in [3.05, 3.63) is 65.9 Å². The smallest absolute Gasteiger partial charge is 0.0688 e. The molecule has 1 unspecified atom stereocenters. The molecule has 0 saturated heterocycles. The predicted octanol–water partition coefficient (Wildman–Crippen LogP) is 5.80. The molecule has 1 heterocycles. The molecule has 0 fully saturated rings. The first kappa shape index (κ1) is 15.5. The second-order valence-corrected chi connectivity index (χ2v) is 6.32. The van der Waals surface area contributed by atoms with Crippen LogP contribution in [0.1, 0.15) is 37.6 Å². The van der Waals surface area contributed by atoms with Crippen molar-refractivity contribution >= 4 is 0 Å². The number of hydrogen-bond donors (Lipinski definition) is 0. The van der Waals surface area contributed by atoms with E-state index >= 15 is 0 Å². The van der Waals surface area contributed by atoms with E-state index in [4.69, 9.17) is 0 Å². The third kappa shape index (κ3) is 3.21. The van der Waals surface area contributed by atoms with E-state index < -0.39 is 0 Å². The monoisotopic (exact) mass is 304 g/mol. The van der Waals surface area contributed by atoms with Gasteiger partial charge in [-0.05, 0) is 49.9 Å². The van der Waals surface area contributed by atoms with Gasteiger partial charge >= 0.3 is 0 Å². The van der Waals surface area contributed by atoms with Gasteiger partial charge in [0.2, 0.25) is 0 Å². The van der Waals surface area contributed by atoms with Crippen LogP contribution in [0.4, 0.5) is 0 Å². The molecule has 0 N–H and O–H groups in total. The van der Waals surface area contributed by atoms with Gasteiger partial charge in [0.05, 0.1) is 11.4 Å². The second-order valence-electron chi connectivity index (χ2n) is 6.32. The van der Waals surface area contributed by atoms with E-state index in [9.17, 15) is 0 Å². The molecule has 0 saturated carbocycles. The van der Waals surface area contributed by atoms with Crippen LogP contribution in [0.3, 0.4) is 0 Å². The topological polar surface area (TPSA) is 17.8 Å². The lowest BCUT2D eigenvalue weighted by Crippen LogP contribution is -2.07. The van der Waals surface area contributed by atoms with E-state index in [-0.39, 0.29) is 0 Å². The predicted molar refractivity (Wildman–Crippen MR) is 97.6 cm³/mol. The number of aromatic nitrogens is 2. The standard InChI is InChI=1S/C21H24N2/c1-5-17(4)23-21(14-16(3)22-23)19-11-9-18(10-12-19)20-8-6-7-15(2)13-20/h6-14,17H,5H2,1-4H3. The Bertz CT molecular complexity index is 797. The highest BCUT2D eigenvalue weighted by Crippen LogP contribution is 2.28. The lowest BCUT2D eigenvalue weighted by atomic mass is 10.0. The summed E-state index contributed by atoms with van der Waals surface area (Å²) in [6.45, 7) is 8.61. The maximum absolute atomic E-state index is 4.67. The number of rotatable bonds is 4. The highest BCUT2D eigenvalue weighted by atomic mass is 15.3. The van der Waals surface area contributed by atoms with Crippen molar-refractivity contribution in [2.75, 3.05) is 0 Å². The molecular weight excluding hydrogens is 280 g/mol. The van der Waals surface area contributed by atoms with Crippen molar-refractivity contribution in [2.24, 2.45) is 0 Å². The molecule has 118 valence electrons. The molecule has 23 heavy (non-hydrogen) atoms. The van der Waals surface area contributed by atoms with Crippen LogP contribution in [0.2, 0.25) is 0 Å². The molecule has 0 aliphatic rings. The zero-order valence-corrected chi connectivity index (χ0v) is 14.4. The van der Waals surface area contributed by atoms with Crippen LogP contribution in [0, 0.1) is 13.8 Å². The third-order valence-corrected chi connectivity index (χ3v) is 4.40. The van der Waals surface area contributed by atoms with E-state index in [1.54, 1.807) is 0 Å². The Kier molecular flexibility index (Phi) is 4.33. The van der Waals surface area contributed by atoms with E-state index in [1.165, 1.54) is 27.9 Å². The molecule has 0 bridgehead atoms. The average Bonchev–Trinajstić information content (AvgIpc) is 2.96. The molecular formula is C21H24N2. The Hall–Kier alpha value is -2.35. The number of benzene rings is 2. The number of aryl methyl sites for hydroxylation is 2. The Balaban J connectivity index is 1.97. The summed E-state index contributed by atoms with van der Waals surface area (Å²) in [5, 5.41) is 4.67. The Morgan fingerprint density at radius 2 is 1.61 bits per heavy atom.